The first-order valence-corrected chi connectivity index (χ1v) is 7.99. The van der Waals surface area contributed by atoms with Crippen LogP contribution >= 0.6 is 11.6 Å². The van der Waals surface area contributed by atoms with Crippen molar-refractivity contribution in [3.63, 3.8) is 0 Å². The Morgan fingerprint density at radius 3 is 2.64 bits per heavy atom. The van der Waals surface area contributed by atoms with Gasteiger partial charge in [-0.25, -0.2) is 4.79 Å². The highest BCUT2D eigenvalue weighted by Crippen LogP contribution is 2.33. The number of aliphatic carboxylic acids is 1. The third-order valence-corrected chi connectivity index (χ3v) is 4.85. The summed E-state index contributed by atoms with van der Waals surface area (Å²) in [6.45, 7) is 1.01. The van der Waals surface area contributed by atoms with Gasteiger partial charge < -0.3 is 15.3 Å². The molecule has 5 nitrogen and oxygen atoms in total. The average Bonchev–Trinajstić information content (AvgIpc) is 2.89. The number of piperidine rings is 1. The zero-order valence-electron chi connectivity index (χ0n) is 12.2. The number of carboxylic acid groups (broad SMARTS) is 1. The van der Waals surface area contributed by atoms with Crippen LogP contribution in [0.5, 0.6) is 0 Å². The van der Waals surface area contributed by atoms with E-state index in [4.69, 9.17) is 16.7 Å². The Hall–Kier alpha value is -1.75. The van der Waals surface area contributed by atoms with Crippen LogP contribution in [0.1, 0.15) is 36.4 Å². The molecule has 1 atom stereocenters. The highest BCUT2D eigenvalue weighted by Gasteiger charge is 2.30. The van der Waals surface area contributed by atoms with Gasteiger partial charge in [-0.05, 0) is 48.9 Å². The van der Waals surface area contributed by atoms with Gasteiger partial charge in [0, 0.05) is 18.1 Å². The van der Waals surface area contributed by atoms with Gasteiger partial charge in [-0.3, -0.25) is 4.79 Å². The van der Waals surface area contributed by atoms with Crippen molar-refractivity contribution in [1.29, 1.82) is 0 Å². The minimum Gasteiger partial charge on any atom is -0.481 e. The van der Waals surface area contributed by atoms with Crippen molar-refractivity contribution in [2.45, 2.75) is 31.7 Å². The van der Waals surface area contributed by atoms with Crippen LogP contribution in [0.25, 0.3) is 0 Å². The van der Waals surface area contributed by atoms with Gasteiger partial charge in [0.15, 0.2) is 0 Å². The molecule has 1 heterocycles. The zero-order chi connectivity index (χ0) is 15.7. The Labute approximate surface area is 134 Å². The number of carbonyl (C=O) groups is 2. The van der Waals surface area contributed by atoms with Gasteiger partial charge in [-0.2, -0.15) is 0 Å². The van der Waals surface area contributed by atoms with Crippen molar-refractivity contribution < 1.29 is 14.7 Å². The number of benzene rings is 1. The number of nitrogens with zero attached hydrogens (tertiary/aromatic N) is 1. The van der Waals surface area contributed by atoms with Crippen LogP contribution in [-0.4, -0.2) is 35.1 Å². The van der Waals surface area contributed by atoms with Gasteiger partial charge in [0.2, 0.25) is 0 Å². The van der Waals surface area contributed by atoms with E-state index in [0.717, 1.165) is 23.4 Å². The lowest BCUT2D eigenvalue weighted by Gasteiger charge is -2.31. The summed E-state index contributed by atoms with van der Waals surface area (Å²) in [4.78, 5) is 25.0. The summed E-state index contributed by atoms with van der Waals surface area (Å²) in [5.74, 6) is -1.08. The molecule has 0 bridgehead atoms. The Bertz CT molecular complexity index is 597. The van der Waals surface area contributed by atoms with Crippen molar-refractivity contribution in [2.24, 2.45) is 5.92 Å². The van der Waals surface area contributed by atoms with Gasteiger partial charge in [-0.15, -0.1) is 0 Å². The summed E-state index contributed by atoms with van der Waals surface area (Å²) in [6.07, 6.45) is 2.86. The van der Waals surface area contributed by atoms with Crippen molar-refractivity contribution in [3.8, 4) is 0 Å². The van der Waals surface area contributed by atoms with Gasteiger partial charge >= 0.3 is 12.0 Å². The molecule has 3 rings (SSSR count). The van der Waals surface area contributed by atoms with E-state index in [9.17, 15) is 9.59 Å². The van der Waals surface area contributed by atoms with Crippen molar-refractivity contribution in [2.75, 3.05) is 13.1 Å². The molecule has 0 spiro atoms. The summed E-state index contributed by atoms with van der Waals surface area (Å²) < 4.78 is 0. The molecule has 22 heavy (non-hydrogen) atoms. The molecule has 1 aromatic rings. The third-order valence-electron chi connectivity index (χ3n) is 4.61. The summed E-state index contributed by atoms with van der Waals surface area (Å²) in [5.41, 5.74) is 2.33. The maximum absolute atomic E-state index is 12.3. The summed E-state index contributed by atoms with van der Waals surface area (Å²) >= 11 is 5.99. The minimum absolute atomic E-state index is 0.0250. The zero-order valence-corrected chi connectivity index (χ0v) is 13.0. The van der Waals surface area contributed by atoms with E-state index in [0.29, 0.717) is 25.9 Å². The maximum Gasteiger partial charge on any atom is 0.317 e. The van der Waals surface area contributed by atoms with Crippen LogP contribution < -0.4 is 5.32 Å². The topological polar surface area (TPSA) is 69.6 Å². The number of likely N-dealkylation sites (tertiary alicyclic amines) is 1. The molecule has 0 radical (unpaired) electrons. The first-order valence-electron chi connectivity index (χ1n) is 7.61. The predicted octanol–water partition coefficient (Wildman–Crippen LogP) is 2.83. The van der Waals surface area contributed by atoms with Gasteiger partial charge in [0.1, 0.15) is 0 Å². The molecular weight excluding hydrogens is 304 g/mol. The second kappa shape index (κ2) is 6.16. The van der Waals surface area contributed by atoms with Crippen LogP contribution in [0.2, 0.25) is 5.02 Å². The smallest absolute Gasteiger partial charge is 0.317 e. The second-order valence-corrected chi connectivity index (χ2v) is 6.42. The molecule has 1 aliphatic heterocycles. The molecule has 0 saturated carbocycles. The second-order valence-electron chi connectivity index (χ2n) is 5.98. The van der Waals surface area contributed by atoms with E-state index in [1.165, 1.54) is 5.56 Å². The fourth-order valence-corrected chi connectivity index (χ4v) is 3.50. The van der Waals surface area contributed by atoms with Gasteiger partial charge in [0.25, 0.3) is 0 Å². The highest BCUT2D eigenvalue weighted by atomic mass is 35.5. The van der Waals surface area contributed by atoms with Crippen molar-refractivity contribution in [1.82, 2.24) is 10.2 Å². The number of rotatable bonds is 2. The first-order chi connectivity index (χ1) is 10.5. The van der Waals surface area contributed by atoms with Gasteiger partial charge in [0.05, 0.1) is 12.0 Å². The van der Waals surface area contributed by atoms with E-state index in [1.807, 2.05) is 18.2 Å². The first kappa shape index (κ1) is 15.2. The molecule has 1 fully saturated rings. The van der Waals surface area contributed by atoms with Gasteiger partial charge in [-0.1, -0.05) is 17.7 Å². The lowest BCUT2D eigenvalue weighted by Crippen LogP contribution is -2.46. The molecule has 1 aromatic carbocycles. The number of nitrogens with one attached hydrogen (secondary N) is 1. The van der Waals surface area contributed by atoms with Crippen LogP contribution in [-0.2, 0) is 11.2 Å². The lowest BCUT2D eigenvalue weighted by molar-refractivity contribution is -0.143. The average molecular weight is 323 g/mol. The SMILES string of the molecule is O=C(O)C1CCN(C(=O)NC2CCc3cc(Cl)ccc32)CC1. The number of carbonyl (C=O) groups excluding carboxylic acids is 1. The molecule has 2 aliphatic rings. The Balaban J connectivity index is 1.59. The quantitative estimate of drug-likeness (QED) is 0.879. The molecule has 1 saturated heterocycles. The fraction of sp³-hybridized carbons (Fsp3) is 0.500. The predicted molar refractivity (Wildman–Crippen MR) is 83.0 cm³/mol. The van der Waals surface area contributed by atoms with E-state index in [2.05, 4.69) is 5.32 Å². The molecule has 1 aliphatic carbocycles. The summed E-state index contributed by atoms with van der Waals surface area (Å²) in [7, 11) is 0. The maximum atomic E-state index is 12.3. The van der Waals surface area contributed by atoms with Crippen LogP contribution in [0.4, 0.5) is 4.79 Å². The summed E-state index contributed by atoms with van der Waals surface area (Å²) in [5, 5.41) is 12.8. The number of halogens is 1. The number of amides is 2. The van der Waals surface area contributed by atoms with E-state index in [1.54, 1.807) is 4.90 Å². The fourth-order valence-electron chi connectivity index (χ4n) is 3.31. The summed E-state index contributed by atoms with van der Waals surface area (Å²) in [6, 6.07) is 5.71. The van der Waals surface area contributed by atoms with E-state index >= 15 is 0 Å². The molecule has 0 aromatic heterocycles. The number of urea groups is 1. The van der Waals surface area contributed by atoms with Crippen molar-refractivity contribution in [3.05, 3.63) is 34.3 Å². The van der Waals surface area contributed by atoms with Crippen LogP contribution in [0.3, 0.4) is 0 Å². The largest absolute Gasteiger partial charge is 0.481 e. The monoisotopic (exact) mass is 322 g/mol. The molecule has 6 heteroatoms. The molecular formula is C16H19ClN2O3. The molecule has 2 amide bonds. The normalized spacial score (nSPS) is 21.5. The molecule has 2 N–H and O–H groups in total. The van der Waals surface area contributed by atoms with Crippen molar-refractivity contribution >= 4 is 23.6 Å². The standard InChI is InChI=1S/C16H19ClN2O3/c17-12-2-3-13-11(9-12)1-4-14(13)18-16(22)19-7-5-10(6-8-19)15(20)21/h2-3,9-10,14H,1,4-8H2,(H,18,22)(H,20,21). The molecule has 1 unspecified atom stereocenters. The lowest BCUT2D eigenvalue weighted by atomic mass is 9.97. The Morgan fingerprint density at radius 1 is 1.23 bits per heavy atom. The van der Waals surface area contributed by atoms with Crippen LogP contribution in [0.15, 0.2) is 18.2 Å². The number of fused-ring (bicyclic) bond motifs is 1. The van der Waals surface area contributed by atoms with E-state index in [-0.39, 0.29) is 18.0 Å². The Morgan fingerprint density at radius 2 is 1.95 bits per heavy atom. The number of carboxylic acids is 1. The molecule has 118 valence electrons. The van der Waals surface area contributed by atoms with Crippen LogP contribution in [0, 0.1) is 5.92 Å². The Kier molecular flexibility index (Phi) is 4.25. The number of hydrogen-bond acceptors (Lipinski definition) is 2. The number of aryl methyl sites for hydroxylation is 1. The third kappa shape index (κ3) is 3.04. The minimum atomic E-state index is -0.762. The number of hydrogen-bond donors (Lipinski definition) is 2. The van der Waals surface area contributed by atoms with E-state index < -0.39 is 5.97 Å². The highest BCUT2D eigenvalue weighted by molar-refractivity contribution is 6.30.